The molecular formula is C22H26N6O. The fourth-order valence-electron chi connectivity index (χ4n) is 4.71. The van der Waals surface area contributed by atoms with Crippen molar-refractivity contribution in [3.05, 3.63) is 42.7 Å². The molecule has 2 bridgehead atoms. The van der Waals surface area contributed by atoms with Crippen LogP contribution in [0, 0.1) is 5.92 Å². The number of phenolic OH excluding ortho intramolecular Hbond substituents is 1. The zero-order chi connectivity index (χ0) is 19.6. The fraction of sp³-hybridized carbons (Fsp3) is 0.409. The quantitative estimate of drug-likeness (QED) is 0.532. The third-order valence-corrected chi connectivity index (χ3v) is 6.15. The van der Waals surface area contributed by atoms with Crippen molar-refractivity contribution in [2.24, 2.45) is 5.92 Å². The van der Waals surface area contributed by atoms with Crippen LogP contribution in [0.5, 0.6) is 5.75 Å². The van der Waals surface area contributed by atoms with E-state index >= 15 is 0 Å². The van der Waals surface area contributed by atoms with Gasteiger partial charge in [-0.05, 0) is 61.4 Å². The Labute approximate surface area is 170 Å². The second kappa shape index (κ2) is 7.83. The molecule has 2 aromatic heterocycles. The molecule has 0 spiro atoms. The molecule has 0 amide bonds. The van der Waals surface area contributed by atoms with Crippen LogP contribution in [0.1, 0.15) is 32.1 Å². The molecular weight excluding hydrogens is 364 g/mol. The van der Waals surface area contributed by atoms with Crippen LogP contribution in [0.4, 0.5) is 5.82 Å². The Bertz CT molecular complexity index is 944. The van der Waals surface area contributed by atoms with Gasteiger partial charge in [-0.2, -0.15) is 5.10 Å². The number of hydrogen-bond donors (Lipinski definition) is 4. The van der Waals surface area contributed by atoms with Gasteiger partial charge in [0.2, 0.25) is 0 Å². The second-order valence-electron chi connectivity index (χ2n) is 8.23. The molecule has 0 aliphatic carbocycles. The Morgan fingerprint density at radius 1 is 1.03 bits per heavy atom. The van der Waals surface area contributed by atoms with Gasteiger partial charge in [-0.3, -0.25) is 5.10 Å². The summed E-state index contributed by atoms with van der Waals surface area (Å²) >= 11 is 0. The molecule has 2 unspecified atom stereocenters. The van der Waals surface area contributed by atoms with Crippen LogP contribution in [0.25, 0.3) is 22.4 Å². The first-order valence-corrected chi connectivity index (χ1v) is 10.4. The SMILES string of the molecule is Oc1cc(-c2cn[nH]c2)ccc1-c1ccc(NCC2CC3CCCC(C2)N3)nn1. The molecule has 3 aromatic rings. The first-order valence-electron chi connectivity index (χ1n) is 10.4. The maximum absolute atomic E-state index is 10.4. The summed E-state index contributed by atoms with van der Waals surface area (Å²) < 4.78 is 0. The standard InChI is InChI=1S/C22H26N6O/c29-21-10-15(16-12-24-25-13-16)4-5-19(21)20-6-7-22(28-27-20)23-11-14-8-17-2-1-3-18(9-14)26-17/h4-7,10,12-14,17-18,26,29H,1-3,8-9,11H2,(H,23,28)(H,24,25). The van der Waals surface area contributed by atoms with Gasteiger partial charge in [0.15, 0.2) is 0 Å². The number of aromatic hydroxyl groups is 1. The molecule has 7 heteroatoms. The lowest BCUT2D eigenvalue weighted by molar-refractivity contribution is 0.192. The van der Waals surface area contributed by atoms with Crippen molar-refractivity contribution >= 4 is 5.82 Å². The molecule has 2 atom stereocenters. The third kappa shape index (κ3) is 3.96. The molecule has 4 N–H and O–H groups in total. The summed E-state index contributed by atoms with van der Waals surface area (Å²) in [5, 5.41) is 33.0. The highest BCUT2D eigenvalue weighted by molar-refractivity contribution is 5.73. The molecule has 4 heterocycles. The van der Waals surface area contributed by atoms with Crippen molar-refractivity contribution < 1.29 is 5.11 Å². The Hall–Kier alpha value is -2.93. The lowest BCUT2D eigenvalue weighted by Gasteiger charge is -2.40. The lowest BCUT2D eigenvalue weighted by atomic mass is 9.80. The van der Waals surface area contributed by atoms with E-state index in [4.69, 9.17) is 0 Å². The van der Waals surface area contributed by atoms with Crippen molar-refractivity contribution in [3.8, 4) is 28.1 Å². The zero-order valence-electron chi connectivity index (χ0n) is 16.3. The molecule has 5 rings (SSSR count). The first-order chi connectivity index (χ1) is 14.2. The van der Waals surface area contributed by atoms with Crippen LogP contribution in [-0.4, -0.2) is 44.1 Å². The van der Waals surface area contributed by atoms with E-state index in [1.165, 1.54) is 32.1 Å². The van der Waals surface area contributed by atoms with Crippen molar-refractivity contribution in [3.63, 3.8) is 0 Å². The highest BCUT2D eigenvalue weighted by Crippen LogP contribution is 2.32. The summed E-state index contributed by atoms with van der Waals surface area (Å²) in [5.41, 5.74) is 3.16. The van der Waals surface area contributed by atoms with Gasteiger partial charge in [-0.25, -0.2) is 0 Å². The number of piperidine rings is 2. The highest BCUT2D eigenvalue weighted by Gasteiger charge is 2.30. The van der Waals surface area contributed by atoms with E-state index in [9.17, 15) is 5.11 Å². The van der Waals surface area contributed by atoms with Crippen LogP contribution in [0.2, 0.25) is 0 Å². The molecule has 1 aromatic carbocycles. The predicted octanol–water partition coefficient (Wildman–Crippen LogP) is 3.57. The van der Waals surface area contributed by atoms with E-state index in [2.05, 4.69) is 31.0 Å². The topological polar surface area (TPSA) is 98.8 Å². The van der Waals surface area contributed by atoms with Crippen LogP contribution in [0.3, 0.4) is 0 Å². The number of benzene rings is 1. The summed E-state index contributed by atoms with van der Waals surface area (Å²) in [4.78, 5) is 0. The third-order valence-electron chi connectivity index (χ3n) is 6.15. The normalized spacial score (nSPS) is 23.7. The van der Waals surface area contributed by atoms with Gasteiger partial charge in [0, 0.05) is 36.0 Å². The highest BCUT2D eigenvalue weighted by atomic mass is 16.3. The minimum absolute atomic E-state index is 0.181. The minimum atomic E-state index is 0.181. The van der Waals surface area contributed by atoms with Gasteiger partial charge in [0.1, 0.15) is 11.6 Å². The van der Waals surface area contributed by atoms with Gasteiger partial charge in [0.05, 0.1) is 11.9 Å². The Morgan fingerprint density at radius 2 is 1.90 bits per heavy atom. The largest absolute Gasteiger partial charge is 0.507 e. The Kier molecular flexibility index (Phi) is 4.89. The number of aromatic nitrogens is 4. The second-order valence-corrected chi connectivity index (χ2v) is 8.23. The number of rotatable bonds is 5. The molecule has 2 aliphatic heterocycles. The molecule has 2 saturated heterocycles. The van der Waals surface area contributed by atoms with E-state index in [1.807, 2.05) is 24.3 Å². The van der Waals surface area contributed by atoms with Crippen LogP contribution < -0.4 is 10.6 Å². The minimum Gasteiger partial charge on any atom is -0.507 e. The molecule has 29 heavy (non-hydrogen) atoms. The average molecular weight is 390 g/mol. The number of anilines is 1. The maximum Gasteiger partial charge on any atom is 0.148 e. The fourth-order valence-corrected chi connectivity index (χ4v) is 4.71. The van der Waals surface area contributed by atoms with E-state index in [1.54, 1.807) is 18.5 Å². The Morgan fingerprint density at radius 3 is 2.59 bits per heavy atom. The monoisotopic (exact) mass is 390 g/mol. The number of H-pyrrole nitrogens is 1. The maximum atomic E-state index is 10.4. The van der Waals surface area contributed by atoms with E-state index < -0.39 is 0 Å². The number of fused-ring (bicyclic) bond motifs is 2. The molecule has 2 aliphatic rings. The molecule has 7 nitrogen and oxygen atoms in total. The molecule has 0 radical (unpaired) electrons. The van der Waals surface area contributed by atoms with Crippen molar-refractivity contribution in [1.29, 1.82) is 0 Å². The van der Waals surface area contributed by atoms with Crippen molar-refractivity contribution in [1.82, 2.24) is 25.7 Å². The zero-order valence-corrected chi connectivity index (χ0v) is 16.3. The van der Waals surface area contributed by atoms with Crippen LogP contribution in [-0.2, 0) is 0 Å². The van der Waals surface area contributed by atoms with E-state index in [0.29, 0.717) is 29.3 Å². The smallest absolute Gasteiger partial charge is 0.148 e. The number of nitrogens with zero attached hydrogens (tertiary/aromatic N) is 3. The first kappa shape index (κ1) is 18.1. The summed E-state index contributed by atoms with van der Waals surface area (Å²) in [6.07, 6.45) is 9.99. The summed E-state index contributed by atoms with van der Waals surface area (Å²) in [7, 11) is 0. The molecule has 0 saturated carbocycles. The van der Waals surface area contributed by atoms with Crippen molar-refractivity contribution in [2.45, 2.75) is 44.2 Å². The number of nitrogens with one attached hydrogen (secondary N) is 3. The number of aromatic amines is 1. The molecule has 2 fully saturated rings. The number of hydrogen-bond acceptors (Lipinski definition) is 6. The van der Waals surface area contributed by atoms with Gasteiger partial charge < -0.3 is 15.7 Å². The number of phenols is 1. The van der Waals surface area contributed by atoms with Gasteiger partial charge in [-0.1, -0.05) is 12.5 Å². The summed E-state index contributed by atoms with van der Waals surface area (Å²) in [6, 6.07) is 10.8. The lowest BCUT2D eigenvalue weighted by Crippen LogP contribution is -2.49. The van der Waals surface area contributed by atoms with Crippen LogP contribution in [0.15, 0.2) is 42.7 Å². The van der Waals surface area contributed by atoms with Gasteiger partial charge in [0.25, 0.3) is 0 Å². The van der Waals surface area contributed by atoms with Gasteiger partial charge >= 0.3 is 0 Å². The van der Waals surface area contributed by atoms with E-state index in [0.717, 1.165) is 23.5 Å². The van der Waals surface area contributed by atoms with Gasteiger partial charge in [-0.15, -0.1) is 10.2 Å². The predicted molar refractivity (Wildman–Crippen MR) is 112 cm³/mol. The summed E-state index contributed by atoms with van der Waals surface area (Å²) in [5.74, 6) is 1.65. The average Bonchev–Trinajstić information content (AvgIpc) is 3.27. The summed E-state index contributed by atoms with van der Waals surface area (Å²) in [6.45, 7) is 0.938. The van der Waals surface area contributed by atoms with Crippen LogP contribution >= 0.6 is 0 Å². The van der Waals surface area contributed by atoms with E-state index in [-0.39, 0.29) is 5.75 Å². The van der Waals surface area contributed by atoms with Crippen molar-refractivity contribution in [2.75, 3.05) is 11.9 Å². The Balaban J connectivity index is 1.23. The molecule has 150 valence electrons.